The molecule has 0 saturated heterocycles. The summed E-state index contributed by atoms with van der Waals surface area (Å²) in [7, 11) is 0. The van der Waals surface area contributed by atoms with Crippen molar-refractivity contribution in [2.45, 2.75) is 0 Å². The number of fused-ring (bicyclic) bond motifs is 1. The molecule has 6 nitrogen and oxygen atoms in total. The van der Waals surface area contributed by atoms with Gasteiger partial charge in [0.2, 0.25) is 0 Å². The highest BCUT2D eigenvalue weighted by Gasteiger charge is 2.10. The summed E-state index contributed by atoms with van der Waals surface area (Å²) in [6.45, 7) is 0. The van der Waals surface area contributed by atoms with Gasteiger partial charge in [-0.1, -0.05) is 18.2 Å². The van der Waals surface area contributed by atoms with Crippen LogP contribution in [0.25, 0.3) is 11.2 Å². The first kappa shape index (κ1) is 11.4. The van der Waals surface area contributed by atoms with E-state index in [1.54, 1.807) is 18.6 Å². The number of hydroxylamine groups is 1. The van der Waals surface area contributed by atoms with Gasteiger partial charge in [0.1, 0.15) is 0 Å². The molecule has 0 bridgehead atoms. The molecule has 94 valence electrons. The van der Waals surface area contributed by atoms with Gasteiger partial charge in [-0.15, -0.1) is 0 Å². The highest BCUT2D eigenvalue weighted by Crippen LogP contribution is 2.16. The van der Waals surface area contributed by atoms with Crippen molar-refractivity contribution in [3.8, 4) is 0 Å². The quantitative estimate of drug-likeness (QED) is 0.370. The van der Waals surface area contributed by atoms with Crippen LogP contribution in [-0.4, -0.2) is 26.0 Å². The molecule has 0 unspecified atom stereocenters. The Balaban J connectivity index is 2.12. The second kappa shape index (κ2) is 4.87. The van der Waals surface area contributed by atoms with Crippen LogP contribution in [0.5, 0.6) is 0 Å². The molecule has 0 amide bonds. The predicted molar refractivity (Wildman–Crippen MR) is 71.4 cm³/mol. The summed E-state index contributed by atoms with van der Waals surface area (Å²) in [5.74, 6) is 0.336. The van der Waals surface area contributed by atoms with Gasteiger partial charge in [-0.05, 0) is 18.2 Å². The van der Waals surface area contributed by atoms with Crippen LogP contribution >= 0.6 is 0 Å². The fourth-order valence-electron chi connectivity index (χ4n) is 1.82. The molecule has 0 aliphatic heterocycles. The van der Waals surface area contributed by atoms with Crippen molar-refractivity contribution in [1.29, 1.82) is 0 Å². The summed E-state index contributed by atoms with van der Waals surface area (Å²) in [5, 5.41) is 9.30. The number of rotatable bonds is 2. The Labute approximate surface area is 108 Å². The fraction of sp³-hybridized carbons (Fsp3) is 0. The van der Waals surface area contributed by atoms with Gasteiger partial charge in [-0.3, -0.25) is 10.7 Å². The normalized spacial score (nSPS) is 11.7. The topological polar surface area (TPSA) is 86.2 Å². The van der Waals surface area contributed by atoms with E-state index >= 15 is 0 Å². The van der Waals surface area contributed by atoms with Crippen LogP contribution in [0.2, 0.25) is 0 Å². The van der Waals surface area contributed by atoms with E-state index < -0.39 is 0 Å². The summed E-state index contributed by atoms with van der Waals surface area (Å²) in [6, 6.07) is 11.1. The second-order valence-corrected chi connectivity index (χ2v) is 3.87. The minimum Gasteiger partial charge on any atom is -0.343 e. The molecule has 0 atom stereocenters. The summed E-state index contributed by atoms with van der Waals surface area (Å²) in [6.07, 6.45) is 3.18. The van der Waals surface area contributed by atoms with E-state index in [9.17, 15) is 5.21 Å². The number of para-hydroxylation sites is 1. The summed E-state index contributed by atoms with van der Waals surface area (Å²) in [5.41, 5.74) is 4.86. The Morgan fingerprint density at radius 3 is 2.79 bits per heavy atom. The van der Waals surface area contributed by atoms with Gasteiger partial charge < -0.3 is 4.98 Å². The van der Waals surface area contributed by atoms with Crippen LogP contribution in [0.15, 0.2) is 53.9 Å². The van der Waals surface area contributed by atoms with Gasteiger partial charge in [0.15, 0.2) is 11.5 Å². The van der Waals surface area contributed by atoms with E-state index in [4.69, 9.17) is 0 Å². The number of amidine groups is 1. The SMILES string of the molecule is ONC(=Nc1ccccc1)c1ccnc2nc[nH]c12. The van der Waals surface area contributed by atoms with E-state index in [1.165, 1.54) is 0 Å². The molecular formula is C13H11N5O. The first-order chi connectivity index (χ1) is 9.38. The Bertz CT molecular complexity index is 720. The molecule has 0 spiro atoms. The third-order valence-electron chi connectivity index (χ3n) is 2.68. The molecule has 3 N–H and O–H groups in total. The van der Waals surface area contributed by atoms with Gasteiger partial charge in [0.05, 0.1) is 17.5 Å². The van der Waals surface area contributed by atoms with Gasteiger partial charge in [-0.25, -0.2) is 15.0 Å². The Hall–Kier alpha value is -2.73. The van der Waals surface area contributed by atoms with Crippen molar-refractivity contribution >= 4 is 22.7 Å². The number of aliphatic imine (C=N–C) groups is 1. The number of aromatic amines is 1. The molecule has 19 heavy (non-hydrogen) atoms. The van der Waals surface area contributed by atoms with Crippen LogP contribution in [0.3, 0.4) is 0 Å². The van der Waals surface area contributed by atoms with Gasteiger partial charge in [-0.2, -0.15) is 0 Å². The molecular weight excluding hydrogens is 242 g/mol. The first-order valence-electron chi connectivity index (χ1n) is 5.71. The van der Waals surface area contributed by atoms with Crippen molar-refractivity contribution in [2.75, 3.05) is 0 Å². The van der Waals surface area contributed by atoms with E-state index in [0.29, 0.717) is 17.0 Å². The molecule has 0 aliphatic carbocycles. The minimum absolute atomic E-state index is 0.336. The maximum absolute atomic E-state index is 9.30. The Morgan fingerprint density at radius 1 is 1.16 bits per heavy atom. The fourth-order valence-corrected chi connectivity index (χ4v) is 1.82. The van der Waals surface area contributed by atoms with Crippen molar-refractivity contribution in [1.82, 2.24) is 20.4 Å². The molecule has 2 heterocycles. The maximum Gasteiger partial charge on any atom is 0.178 e. The van der Waals surface area contributed by atoms with Crippen molar-refractivity contribution in [3.63, 3.8) is 0 Å². The Morgan fingerprint density at radius 2 is 2.00 bits per heavy atom. The number of nitrogens with zero attached hydrogens (tertiary/aromatic N) is 3. The van der Waals surface area contributed by atoms with E-state index in [2.05, 4.69) is 25.4 Å². The number of H-pyrrole nitrogens is 1. The molecule has 6 heteroatoms. The number of hydrogen-bond acceptors (Lipinski definition) is 4. The highest BCUT2D eigenvalue weighted by molar-refractivity contribution is 6.07. The summed E-state index contributed by atoms with van der Waals surface area (Å²) < 4.78 is 0. The number of pyridine rings is 1. The molecule has 0 radical (unpaired) electrons. The number of aromatic nitrogens is 3. The summed E-state index contributed by atoms with van der Waals surface area (Å²) >= 11 is 0. The van der Waals surface area contributed by atoms with Crippen LogP contribution in [-0.2, 0) is 0 Å². The van der Waals surface area contributed by atoms with Crippen molar-refractivity contribution in [2.24, 2.45) is 4.99 Å². The minimum atomic E-state index is 0.336. The van der Waals surface area contributed by atoms with Gasteiger partial charge in [0, 0.05) is 11.8 Å². The number of nitrogens with one attached hydrogen (secondary N) is 2. The van der Waals surface area contributed by atoms with Gasteiger partial charge >= 0.3 is 0 Å². The zero-order chi connectivity index (χ0) is 13.1. The van der Waals surface area contributed by atoms with Crippen molar-refractivity contribution < 1.29 is 5.21 Å². The average molecular weight is 253 g/mol. The smallest absolute Gasteiger partial charge is 0.178 e. The number of imidazole rings is 1. The predicted octanol–water partition coefficient (Wildman–Crippen LogP) is 2.01. The molecule has 3 rings (SSSR count). The Kier molecular flexibility index (Phi) is 2.91. The third kappa shape index (κ3) is 2.16. The van der Waals surface area contributed by atoms with Crippen LogP contribution in [0.1, 0.15) is 5.56 Å². The van der Waals surface area contributed by atoms with Crippen molar-refractivity contribution in [3.05, 3.63) is 54.5 Å². The molecule has 0 saturated carbocycles. The van der Waals surface area contributed by atoms with Crippen LogP contribution in [0.4, 0.5) is 5.69 Å². The molecule has 0 aliphatic rings. The second-order valence-electron chi connectivity index (χ2n) is 3.87. The maximum atomic E-state index is 9.30. The molecule has 3 aromatic rings. The standard InChI is InChI=1S/C13H11N5O/c19-18-12(17-9-4-2-1-3-5-9)10-6-7-14-13-11(10)15-8-16-13/h1-8,19H,(H,17,18)(H,14,15,16). The van der Waals surface area contributed by atoms with Crippen LogP contribution < -0.4 is 5.48 Å². The molecule has 0 fully saturated rings. The average Bonchev–Trinajstić information content (AvgIpc) is 2.94. The lowest BCUT2D eigenvalue weighted by Gasteiger charge is -2.05. The number of benzene rings is 1. The largest absolute Gasteiger partial charge is 0.343 e. The molecule has 1 aromatic carbocycles. The lowest BCUT2D eigenvalue weighted by atomic mass is 10.2. The van der Waals surface area contributed by atoms with E-state index in [0.717, 1.165) is 11.2 Å². The highest BCUT2D eigenvalue weighted by atomic mass is 16.5. The zero-order valence-electron chi connectivity index (χ0n) is 9.91. The lowest BCUT2D eigenvalue weighted by molar-refractivity contribution is 0.235. The zero-order valence-corrected chi connectivity index (χ0v) is 9.91. The van der Waals surface area contributed by atoms with E-state index in [-0.39, 0.29) is 0 Å². The summed E-state index contributed by atoms with van der Waals surface area (Å²) in [4.78, 5) is 15.5. The monoisotopic (exact) mass is 253 g/mol. The van der Waals surface area contributed by atoms with E-state index in [1.807, 2.05) is 30.3 Å². The van der Waals surface area contributed by atoms with Crippen LogP contribution in [0, 0.1) is 0 Å². The first-order valence-corrected chi connectivity index (χ1v) is 5.71. The van der Waals surface area contributed by atoms with Gasteiger partial charge in [0.25, 0.3) is 0 Å². The lowest BCUT2D eigenvalue weighted by Crippen LogP contribution is -2.20. The molecule has 2 aromatic heterocycles. The number of hydrogen-bond donors (Lipinski definition) is 3. The third-order valence-corrected chi connectivity index (χ3v) is 2.68.